The third-order valence-electron chi connectivity index (χ3n) is 2.68. The third kappa shape index (κ3) is 6.97. The SMILES string of the molecule is CC(CC(F)(F)F)NCC(O)COc1ccccc1C#N. The molecule has 0 aliphatic rings. The fourth-order valence-corrected chi connectivity index (χ4v) is 1.69. The van der Waals surface area contributed by atoms with E-state index >= 15 is 0 Å². The molecule has 0 radical (unpaired) electrons. The lowest BCUT2D eigenvalue weighted by atomic mass is 10.2. The van der Waals surface area contributed by atoms with E-state index in [1.165, 1.54) is 6.92 Å². The number of nitrogens with one attached hydrogen (secondary N) is 1. The number of halogens is 3. The van der Waals surface area contributed by atoms with Gasteiger partial charge >= 0.3 is 6.18 Å². The molecule has 1 rings (SSSR count). The van der Waals surface area contributed by atoms with Crippen LogP contribution in [0.1, 0.15) is 18.9 Å². The number of aliphatic hydroxyl groups excluding tert-OH is 1. The van der Waals surface area contributed by atoms with E-state index in [2.05, 4.69) is 5.32 Å². The predicted molar refractivity (Wildman–Crippen MR) is 70.8 cm³/mol. The van der Waals surface area contributed by atoms with E-state index in [9.17, 15) is 18.3 Å². The van der Waals surface area contributed by atoms with Gasteiger partial charge in [-0.25, -0.2) is 0 Å². The maximum Gasteiger partial charge on any atom is 0.390 e. The molecule has 0 saturated carbocycles. The van der Waals surface area contributed by atoms with E-state index < -0.39 is 24.7 Å². The van der Waals surface area contributed by atoms with Gasteiger partial charge in [-0.15, -0.1) is 0 Å². The molecule has 0 spiro atoms. The molecule has 0 saturated heterocycles. The maximum atomic E-state index is 12.1. The van der Waals surface area contributed by atoms with Crippen molar-refractivity contribution in [2.45, 2.75) is 31.7 Å². The number of ether oxygens (including phenoxy) is 1. The molecule has 7 heteroatoms. The van der Waals surface area contributed by atoms with Crippen LogP contribution in [0.15, 0.2) is 24.3 Å². The Bertz CT molecular complexity index is 486. The van der Waals surface area contributed by atoms with Gasteiger partial charge in [0.2, 0.25) is 0 Å². The first kappa shape index (κ1) is 17.3. The van der Waals surface area contributed by atoms with E-state index in [0.717, 1.165) is 0 Å². The summed E-state index contributed by atoms with van der Waals surface area (Å²) in [7, 11) is 0. The lowest BCUT2D eigenvalue weighted by Crippen LogP contribution is -2.38. The van der Waals surface area contributed by atoms with Crippen LogP contribution < -0.4 is 10.1 Å². The molecule has 0 fully saturated rings. The van der Waals surface area contributed by atoms with Gasteiger partial charge in [0.1, 0.15) is 24.5 Å². The average Bonchev–Trinajstić information content (AvgIpc) is 2.41. The van der Waals surface area contributed by atoms with E-state index in [4.69, 9.17) is 10.00 Å². The summed E-state index contributed by atoms with van der Waals surface area (Å²) in [6.45, 7) is 1.27. The van der Waals surface area contributed by atoms with Crippen LogP contribution in [0.5, 0.6) is 5.75 Å². The van der Waals surface area contributed by atoms with Crippen LogP contribution >= 0.6 is 0 Å². The Kier molecular flexibility index (Phi) is 6.46. The van der Waals surface area contributed by atoms with Crippen LogP contribution in [0, 0.1) is 11.3 Å². The second kappa shape index (κ2) is 7.86. The van der Waals surface area contributed by atoms with Gasteiger partial charge in [-0.1, -0.05) is 12.1 Å². The summed E-state index contributed by atoms with van der Waals surface area (Å²) in [4.78, 5) is 0. The monoisotopic (exact) mass is 302 g/mol. The maximum absolute atomic E-state index is 12.1. The Labute approximate surface area is 121 Å². The Morgan fingerprint density at radius 2 is 2.05 bits per heavy atom. The summed E-state index contributed by atoms with van der Waals surface area (Å²) in [5, 5.41) is 21.1. The second-order valence-electron chi connectivity index (χ2n) is 4.70. The minimum atomic E-state index is -4.24. The average molecular weight is 302 g/mol. The highest BCUT2D eigenvalue weighted by molar-refractivity contribution is 5.42. The predicted octanol–water partition coefficient (Wildman–Crippen LogP) is 2.23. The zero-order valence-electron chi connectivity index (χ0n) is 11.5. The van der Waals surface area contributed by atoms with E-state index in [1.807, 2.05) is 6.07 Å². The number of nitriles is 1. The van der Waals surface area contributed by atoms with Crippen molar-refractivity contribution in [2.75, 3.05) is 13.2 Å². The van der Waals surface area contributed by atoms with Gasteiger partial charge in [-0.05, 0) is 19.1 Å². The smallest absolute Gasteiger partial charge is 0.390 e. The van der Waals surface area contributed by atoms with Gasteiger partial charge in [0.15, 0.2) is 0 Å². The second-order valence-corrected chi connectivity index (χ2v) is 4.70. The number of benzene rings is 1. The zero-order chi connectivity index (χ0) is 15.9. The Balaban J connectivity index is 2.35. The number of hydrogen-bond acceptors (Lipinski definition) is 4. The molecule has 1 aromatic rings. The van der Waals surface area contributed by atoms with Crippen molar-refractivity contribution in [3.05, 3.63) is 29.8 Å². The fraction of sp³-hybridized carbons (Fsp3) is 0.500. The lowest BCUT2D eigenvalue weighted by Gasteiger charge is -2.18. The van der Waals surface area contributed by atoms with Crippen molar-refractivity contribution < 1.29 is 23.0 Å². The van der Waals surface area contributed by atoms with E-state index in [-0.39, 0.29) is 13.2 Å². The molecule has 2 N–H and O–H groups in total. The number of alkyl halides is 3. The van der Waals surface area contributed by atoms with Crippen LogP contribution in [0.3, 0.4) is 0 Å². The summed E-state index contributed by atoms with van der Waals surface area (Å²) >= 11 is 0. The quantitative estimate of drug-likeness (QED) is 0.810. The largest absolute Gasteiger partial charge is 0.489 e. The number of hydrogen-bond donors (Lipinski definition) is 2. The Hall–Kier alpha value is -1.78. The molecule has 1 aromatic carbocycles. The van der Waals surface area contributed by atoms with Crippen molar-refractivity contribution in [2.24, 2.45) is 0 Å². The number of aliphatic hydroxyl groups is 1. The summed E-state index contributed by atoms with van der Waals surface area (Å²) in [6.07, 6.45) is -6.16. The van der Waals surface area contributed by atoms with Gasteiger partial charge < -0.3 is 15.2 Å². The first-order valence-corrected chi connectivity index (χ1v) is 6.42. The molecular formula is C14H17F3N2O2. The van der Waals surface area contributed by atoms with Gasteiger partial charge in [-0.3, -0.25) is 0 Å². The van der Waals surface area contributed by atoms with Gasteiger partial charge in [0.05, 0.1) is 12.0 Å². The third-order valence-corrected chi connectivity index (χ3v) is 2.68. The number of rotatable bonds is 7. The Morgan fingerprint density at radius 1 is 1.38 bits per heavy atom. The number of para-hydroxylation sites is 1. The van der Waals surface area contributed by atoms with Crippen LogP contribution in [-0.4, -0.2) is 36.6 Å². The topological polar surface area (TPSA) is 65.3 Å². The minimum absolute atomic E-state index is 0.0219. The normalized spacial score (nSPS) is 14.3. The highest BCUT2D eigenvalue weighted by Gasteiger charge is 2.29. The van der Waals surface area contributed by atoms with Crippen molar-refractivity contribution >= 4 is 0 Å². The first-order valence-electron chi connectivity index (χ1n) is 6.42. The molecule has 21 heavy (non-hydrogen) atoms. The van der Waals surface area contributed by atoms with Gasteiger partial charge in [-0.2, -0.15) is 18.4 Å². The molecule has 116 valence electrons. The van der Waals surface area contributed by atoms with E-state index in [0.29, 0.717) is 11.3 Å². The van der Waals surface area contributed by atoms with Crippen LogP contribution in [-0.2, 0) is 0 Å². The van der Waals surface area contributed by atoms with Crippen LogP contribution in [0.2, 0.25) is 0 Å². The Morgan fingerprint density at radius 3 is 2.67 bits per heavy atom. The summed E-state index contributed by atoms with van der Waals surface area (Å²) in [5.74, 6) is 0.336. The van der Waals surface area contributed by atoms with Crippen LogP contribution in [0.25, 0.3) is 0 Å². The molecule has 4 nitrogen and oxygen atoms in total. The van der Waals surface area contributed by atoms with Gasteiger partial charge in [0, 0.05) is 12.6 Å². The fourth-order valence-electron chi connectivity index (χ4n) is 1.69. The highest BCUT2D eigenvalue weighted by atomic mass is 19.4. The molecule has 0 aliphatic carbocycles. The molecular weight excluding hydrogens is 285 g/mol. The molecule has 0 aromatic heterocycles. The minimum Gasteiger partial charge on any atom is -0.489 e. The van der Waals surface area contributed by atoms with Crippen LogP contribution in [0.4, 0.5) is 13.2 Å². The molecule has 0 aliphatic heterocycles. The molecule has 0 amide bonds. The first-order chi connectivity index (χ1) is 9.81. The van der Waals surface area contributed by atoms with E-state index in [1.54, 1.807) is 24.3 Å². The molecule has 2 atom stereocenters. The highest BCUT2D eigenvalue weighted by Crippen LogP contribution is 2.21. The molecule has 0 heterocycles. The summed E-state index contributed by atoms with van der Waals surface area (Å²) in [6, 6.07) is 7.69. The summed E-state index contributed by atoms with van der Waals surface area (Å²) in [5.41, 5.74) is 0.336. The lowest BCUT2D eigenvalue weighted by molar-refractivity contribution is -0.139. The summed E-state index contributed by atoms with van der Waals surface area (Å²) < 4.78 is 41.7. The molecule has 2 unspecified atom stereocenters. The van der Waals surface area contributed by atoms with Crippen molar-refractivity contribution in [3.63, 3.8) is 0 Å². The molecule has 0 bridgehead atoms. The van der Waals surface area contributed by atoms with Crippen molar-refractivity contribution in [1.29, 1.82) is 5.26 Å². The standard InChI is InChI=1S/C14H17F3N2O2/c1-10(6-14(15,16)17)19-8-12(20)9-21-13-5-3-2-4-11(13)7-18/h2-5,10,12,19-20H,6,8-9H2,1H3. The van der Waals surface area contributed by atoms with Gasteiger partial charge in [0.25, 0.3) is 0 Å². The number of nitrogens with zero attached hydrogens (tertiary/aromatic N) is 1. The zero-order valence-corrected chi connectivity index (χ0v) is 11.5. The van der Waals surface area contributed by atoms with Crippen molar-refractivity contribution in [1.82, 2.24) is 5.32 Å². The van der Waals surface area contributed by atoms with Crippen molar-refractivity contribution in [3.8, 4) is 11.8 Å².